The van der Waals surface area contributed by atoms with E-state index in [1.165, 1.54) is 6.20 Å². The monoisotopic (exact) mass is 155 g/mol. The van der Waals surface area contributed by atoms with Crippen LogP contribution in [0.2, 0.25) is 0 Å². The van der Waals surface area contributed by atoms with E-state index in [9.17, 15) is 0 Å². The molecule has 0 fully saturated rings. The average Bonchev–Trinajstić information content (AvgIpc) is 2.07. The Balaban J connectivity index is 0.000000218. The fourth-order valence-electron chi connectivity index (χ4n) is 0.354. The molecule has 5 heteroatoms. The van der Waals surface area contributed by atoms with Crippen molar-refractivity contribution in [2.75, 3.05) is 0 Å². The fourth-order valence-corrected chi connectivity index (χ4v) is 0.354. The van der Waals surface area contributed by atoms with Crippen LogP contribution in [0.3, 0.4) is 0 Å². The topological polar surface area (TPSA) is 88.2 Å². The number of aromatic hydroxyl groups is 1. The van der Waals surface area contributed by atoms with Gasteiger partial charge in [-0.3, -0.25) is 15.2 Å². The van der Waals surface area contributed by atoms with Gasteiger partial charge in [0.1, 0.15) is 5.75 Å². The minimum absolute atomic E-state index is 0.211. The number of carbonyl (C=O) groups is 1. The fraction of sp³-hybridized carbons (Fsp3) is 0. The van der Waals surface area contributed by atoms with Crippen LogP contribution in [0, 0.1) is 0 Å². The van der Waals surface area contributed by atoms with Crippen LogP contribution in [-0.2, 0) is 4.79 Å². The number of nitrogens with one attached hydrogen (secondary N) is 1. The van der Waals surface area contributed by atoms with E-state index in [1.54, 1.807) is 23.8 Å². The average molecular weight is 155 g/mol. The quantitative estimate of drug-likeness (QED) is 0.218. The standard InChI is InChI=1S/C5H5NO.CH4N2O/c7-5-2-1-3-6-4-5;2-3-1-4/h1-4,7H;1H,2H2,(H,3,4). The van der Waals surface area contributed by atoms with Gasteiger partial charge < -0.3 is 5.11 Å². The van der Waals surface area contributed by atoms with Gasteiger partial charge in [-0.25, -0.2) is 5.84 Å². The van der Waals surface area contributed by atoms with Crippen LogP contribution in [0.25, 0.3) is 0 Å². The summed E-state index contributed by atoms with van der Waals surface area (Å²) in [5.41, 5.74) is 1.75. The Morgan fingerprint density at radius 1 is 1.73 bits per heavy atom. The van der Waals surface area contributed by atoms with E-state index < -0.39 is 0 Å². The molecule has 0 spiro atoms. The Morgan fingerprint density at radius 2 is 2.36 bits per heavy atom. The lowest BCUT2D eigenvalue weighted by Crippen LogP contribution is -2.18. The largest absolute Gasteiger partial charge is 0.506 e. The Bertz CT molecular complexity index is 190. The molecular formula is C6H9N3O2. The molecule has 0 atom stereocenters. The van der Waals surface area contributed by atoms with E-state index in [1.807, 2.05) is 0 Å². The second-order valence-corrected chi connectivity index (χ2v) is 1.50. The van der Waals surface area contributed by atoms with E-state index in [2.05, 4.69) is 10.8 Å². The number of pyridine rings is 1. The van der Waals surface area contributed by atoms with Crippen molar-refractivity contribution in [3.63, 3.8) is 0 Å². The van der Waals surface area contributed by atoms with E-state index in [0.717, 1.165) is 0 Å². The number of amides is 1. The van der Waals surface area contributed by atoms with E-state index >= 15 is 0 Å². The van der Waals surface area contributed by atoms with Crippen molar-refractivity contribution in [3.05, 3.63) is 24.5 Å². The lowest BCUT2D eigenvalue weighted by atomic mass is 10.5. The highest BCUT2D eigenvalue weighted by Gasteiger charge is 1.76. The smallest absolute Gasteiger partial charge is 0.221 e. The van der Waals surface area contributed by atoms with Crippen molar-refractivity contribution in [2.24, 2.45) is 5.84 Å². The van der Waals surface area contributed by atoms with Gasteiger partial charge in [0.15, 0.2) is 0 Å². The molecule has 0 aromatic carbocycles. The van der Waals surface area contributed by atoms with Crippen LogP contribution in [0.15, 0.2) is 24.5 Å². The zero-order valence-electron chi connectivity index (χ0n) is 5.77. The van der Waals surface area contributed by atoms with Crippen molar-refractivity contribution in [1.29, 1.82) is 0 Å². The Morgan fingerprint density at radius 3 is 2.55 bits per heavy atom. The summed E-state index contributed by atoms with van der Waals surface area (Å²) in [6.45, 7) is 0. The minimum Gasteiger partial charge on any atom is -0.506 e. The zero-order valence-corrected chi connectivity index (χ0v) is 5.77. The number of nitrogens with two attached hydrogens (primary N) is 1. The summed E-state index contributed by atoms with van der Waals surface area (Å²) >= 11 is 0. The van der Waals surface area contributed by atoms with Crippen LogP contribution < -0.4 is 11.3 Å². The van der Waals surface area contributed by atoms with E-state index in [4.69, 9.17) is 9.90 Å². The number of rotatable bonds is 1. The summed E-state index contributed by atoms with van der Waals surface area (Å²) in [6, 6.07) is 3.25. The predicted octanol–water partition coefficient (Wildman–Crippen LogP) is -0.607. The van der Waals surface area contributed by atoms with Crippen LogP contribution in [0.5, 0.6) is 5.75 Å². The molecule has 0 aliphatic heterocycles. The lowest BCUT2D eigenvalue weighted by Gasteiger charge is -1.81. The van der Waals surface area contributed by atoms with Crippen LogP contribution in [0.1, 0.15) is 0 Å². The molecule has 0 radical (unpaired) electrons. The van der Waals surface area contributed by atoms with Crippen molar-refractivity contribution < 1.29 is 9.90 Å². The lowest BCUT2D eigenvalue weighted by molar-refractivity contribution is -0.109. The summed E-state index contributed by atoms with van der Waals surface area (Å²) in [7, 11) is 0. The molecule has 0 aliphatic carbocycles. The maximum absolute atomic E-state index is 8.94. The van der Waals surface area contributed by atoms with Gasteiger partial charge in [-0.15, -0.1) is 0 Å². The molecule has 4 N–H and O–H groups in total. The van der Waals surface area contributed by atoms with Gasteiger partial charge in [-0.1, -0.05) is 0 Å². The number of carbonyl (C=O) groups excluding carboxylic acids is 1. The SMILES string of the molecule is NNC=O.Oc1cccnc1. The first kappa shape index (κ1) is 9.38. The van der Waals surface area contributed by atoms with Gasteiger partial charge in [0.05, 0.1) is 6.20 Å². The van der Waals surface area contributed by atoms with E-state index in [0.29, 0.717) is 6.41 Å². The van der Waals surface area contributed by atoms with Crippen molar-refractivity contribution >= 4 is 6.41 Å². The number of hydrogen-bond acceptors (Lipinski definition) is 4. The molecule has 0 bridgehead atoms. The Hall–Kier alpha value is -1.62. The summed E-state index contributed by atoms with van der Waals surface area (Å²) in [6.07, 6.45) is 3.40. The van der Waals surface area contributed by atoms with Gasteiger partial charge in [0, 0.05) is 6.20 Å². The van der Waals surface area contributed by atoms with Gasteiger partial charge in [-0.2, -0.15) is 0 Å². The molecule has 11 heavy (non-hydrogen) atoms. The predicted molar refractivity (Wildman–Crippen MR) is 39.3 cm³/mol. The van der Waals surface area contributed by atoms with Crippen molar-refractivity contribution in [1.82, 2.24) is 10.4 Å². The molecule has 60 valence electrons. The molecule has 1 aromatic rings. The highest BCUT2D eigenvalue weighted by molar-refractivity contribution is 5.44. The minimum atomic E-state index is 0.211. The molecule has 1 amide bonds. The summed E-state index contributed by atoms with van der Waals surface area (Å²) < 4.78 is 0. The van der Waals surface area contributed by atoms with Crippen LogP contribution in [-0.4, -0.2) is 16.5 Å². The number of aromatic nitrogens is 1. The van der Waals surface area contributed by atoms with Gasteiger partial charge in [-0.05, 0) is 12.1 Å². The normalized spacial score (nSPS) is 7.36. The number of hydrogen-bond donors (Lipinski definition) is 3. The highest BCUT2D eigenvalue weighted by Crippen LogP contribution is 1.99. The summed E-state index contributed by atoms with van der Waals surface area (Å²) in [5.74, 6) is 4.62. The third-order valence-corrected chi connectivity index (χ3v) is 0.714. The first-order valence-electron chi connectivity index (χ1n) is 2.80. The van der Waals surface area contributed by atoms with Crippen molar-refractivity contribution in [2.45, 2.75) is 0 Å². The number of nitrogens with zero attached hydrogens (tertiary/aromatic N) is 1. The third kappa shape index (κ3) is 6.26. The summed E-state index contributed by atoms with van der Waals surface area (Å²) in [4.78, 5) is 12.6. The molecule has 1 rings (SSSR count). The van der Waals surface area contributed by atoms with Crippen LogP contribution >= 0.6 is 0 Å². The molecule has 0 saturated carbocycles. The molecule has 0 saturated heterocycles. The third-order valence-electron chi connectivity index (χ3n) is 0.714. The molecule has 1 heterocycles. The highest BCUT2D eigenvalue weighted by atomic mass is 16.3. The Labute approximate surface area is 63.8 Å². The zero-order chi connectivity index (χ0) is 8.53. The van der Waals surface area contributed by atoms with Gasteiger partial charge >= 0.3 is 0 Å². The van der Waals surface area contributed by atoms with Gasteiger partial charge in [0.25, 0.3) is 0 Å². The van der Waals surface area contributed by atoms with Crippen LogP contribution in [0.4, 0.5) is 0 Å². The molecule has 0 aliphatic rings. The second kappa shape index (κ2) is 6.50. The Kier molecular flexibility index (Phi) is 5.54. The maximum Gasteiger partial charge on any atom is 0.221 e. The first-order chi connectivity index (χ1) is 5.31. The number of hydrazine groups is 1. The summed E-state index contributed by atoms with van der Waals surface area (Å²) in [5, 5.41) is 8.57. The second-order valence-electron chi connectivity index (χ2n) is 1.50. The van der Waals surface area contributed by atoms with Gasteiger partial charge in [0.2, 0.25) is 6.41 Å². The molecule has 0 unspecified atom stereocenters. The maximum atomic E-state index is 8.94. The molecule has 1 aromatic heterocycles. The first-order valence-corrected chi connectivity index (χ1v) is 2.80. The molecule has 5 nitrogen and oxygen atoms in total. The van der Waals surface area contributed by atoms with Crippen molar-refractivity contribution in [3.8, 4) is 5.75 Å². The molecular weight excluding hydrogens is 146 g/mol. The van der Waals surface area contributed by atoms with E-state index in [-0.39, 0.29) is 5.75 Å².